The number of fused-ring (bicyclic) bond motifs is 3. The van der Waals surface area contributed by atoms with Crippen LogP contribution in [0.3, 0.4) is 0 Å². The molecule has 0 aromatic heterocycles. The molecule has 0 amide bonds. The molecule has 3 saturated heterocycles. The molecule has 1 unspecified atom stereocenters. The number of phenolic OH excluding ortho intramolecular Hbond substituents is 1. The Morgan fingerprint density at radius 2 is 1.73 bits per heavy atom. The molecule has 1 aromatic rings. The van der Waals surface area contributed by atoms with E-state index in [4.69, 9.17) is 0 Å². The minimum absolute atomic E-state index is 0.375. The lowest BCUT2D eigenvalue weighted by Crippen LogP contribution is -2.46. The highest BCUT2D eigenvalue weighted by Crippen LogP contribution is 2.39. The van der Waals surface area contributed by atoms with Gasteiger partial charge in [-0.25, -0.2) is 0 Å². The van der Waals surface area contributed by atoms with Crippen LogP contribution in [0.2, 0.25) is 0 Å². The lowest BCUT2D eigenvalue weighted by molar-refractivity contribution is 0.0871. The minimum Gasteiger partial charge on any atom is -0.508 e. The maximum absolute atomic E-state index is 9.28. The summed E-state index contributed by atoms with van der Waals surface area (Å²) in [5.41, 5.74) is 1.40. The third kappa shape index (κ3) is 1.63. The second-order valence-electron chi connectivity index (χ2n) is 4.84. The summed E-state index contributed by atoms with van der Waals surface area (Å²) in [4.78, 5) is 2.57. The topological polar surface area (TPSA) is 23.5 Å². The molecule has 3 heterocycles. The van der Waals surface area contributed by atoms with Crippen molar-refractivity contribution in [3.05, 3.63) is 29.8 Å². The second kappa shape index (κ2) is 3.53. The van der Waals surface area contributed by atoms with Crippen LogP contribution in [0.25, 0.3) is 0 Å². The first-order valence-electron chi connectivity index (χ1n) is 5.84. The summed E-state index contributed by atoms with van der Waals surface area (Å²) in [6.45, 7) is 3.80. The van der Waals surface area contributed by atoms with Crippen molar-refractivity contribution < 1.29 is 5.11 Å². The van der Waals surface area contributed by atoms with E-state index in [1.165, 1.54) is 38.0 Å². The maximum atomic E-state index is 9.28. The van der Waals surface area contributed by atoms with Gasteiger partial charge in [0.05, 0.1) is 0 Å². The van der Waals surface area contributed by atoms with Crippen LogP contribution in [0.5, 0.6) is 5.75 Å². The molecule has 0 aliphatic carbocycles. The van der Waals surface area contributed by atoms with E-state index < -0.39 is 0 Å². The Hall–Kier alpha value is -1.02. The fourth-order valence-corrected chi connectivity index (χ4v) is 3.06. The van der Waals surface area contributed by atoms with Crippen molar-refractivity contribution in [1.82, 2.24) is 4.90 Å². The molecule has 1 N–H and O–H groups in total. The zero-order valence-electron chi connectivity index (χ0n) is 8.89. The van der Waals surface area contributed by atoms with Crippen molar-refractivity contribution >= 4 is 0 Å². The summed E-state index contributed by atoms with van der Waals surface area (Å²) in [7, 11) is 0. The first kappa shape index (κ1) is 9.22. The standard InChI is InChI=1S/C13H17NO/c15-12-3-1-10(2-4-12)13-9-14-7-5-11(13)6-8-14/h1-4,11,13,15H,5-9H2. The van der Waals surface area contributed by atoms with E-state index in [1.807, 2.05) is 12.1 Å². The molecular formula is C13H17NO. The third-order valence-electron chi connectivity index (χ3n) is 3.98. The molecule has 1 aromatic carbocycles. The molecule has 2 nitrogen and oxygen atoms in total. The summed E-state index contributed by atoms with van der Waals surface area (Å²) >= 11 is 0. The minimum atomic E-state index is 0.375. The number of hydrogen-bond donors (Lipinski definition) is 1. The lowest BCUT2D eigenvalue weighted by Gasteiger charge is -2.45. The average molecular weight is 203 g/mol. The summed E-state index contributed by atoms with van der Waals surface area (Å²) < 4.78 is 0. The Morgan fingerprint density at radius 3 is 2.27 bits per heavy atom. The van der Waals surface area contributed by atoms with Gasteiger partial charge in [-0.1, -0.05) is 12.1 Å². The first-order valence-corrected chi connectivity index (χ1v) is 5.84. The van der Waals surface area contributed by atoms with Crippen molar-refractivity contribution in [2.24, 2.45) is 5.92 Å². The van der Waals surface area contributed by atoms with Gasteiger partial charge in [0.25, 0.3) is 0 Å². The molecule has 80 valence electrons. The van der Waals surface area contributed by atoms with Crippen molar-refractivity contribution in [2.45, 2.75) is 18.8 Å². The second-order valence-corrected chi connectivity index (χ2v) is 4.84. The fraction of sp³-hybridized carbons (Fsp3) is 0.538. The van der Waals surface area contributed by atoms with E-state index in [0.29, 0.717) is 11.7 Å². The highest BCUT2D eigenvalue weighted by Gasteiger charge is 2.34. The van der Waals surface area contributed by atoms with Crippen LogP contribution in [0, 0.1) is 5.92 Å². The number of nitrogens with zero attached hydrogens (tertiary/aromatic N) is 1. The SMILES string of the molecule is Oc1ccc(C2CN3CCC2CC3)cc1. The van der Waals surface area contributed by atoms with Crippen molar-refractivity contribution in [2.75, 3.05) is 19.6 Å². The van der Waals surface area contributed by atoms with Gasteiger partial charge in [0.1, 0.15) is 5.75 Å². The maximum Gasteiger partial charge on any atom is 0.115 e. The molecule has 0 spiro atoms. The Labute approximate surface area is 90.5 Å². The largest absolute Gasteiger partial charge is 0.508 e. The van der Waals surface area contributed by atoms with Crippen molar-refractivity contribution in [1.29, 1.82) is 0 Å². The third-order valence-corrected chi connectivity index (χ3v) is 3.98. The number of aromatic hydroxyl groups is 1. The van der Waals surface area contributed by atoms with Gasteiger partial charge < -0.3 is 10.0 Å². The Kier molecular flexibility index (Phi) is 2.17. The number of rotatable bonds is 1. The van der Waals surface area contributed by atoms with Crippen LogP contribution in [-0.2, 0) is 0 Å². The molecule has 0 radical (unpaired) electrons. The zero-order valence-corrected chi connectivity index (χ0v) is 8.89. The molecule has 1 atom stereocenters. The van der Waals surface area contributed by atoms with Crippen LogP contribution in [-0.4, -0.2) is 29.6 Å². The number of benzene rings is 1. The van der Waals surface area contributed by atoms with E-state index in [9.17, 15) is 5.11 Å². The fourth-order valence-electron chi connectivity index (χ4n) is 3.06. The molecule has 2 heteroatoms. The van der Waals surface area contributed by atoms with Gasteiger partial charge >= 0.3 is 0 Å². The Balaban J connectivity index is 1.85. The highest BCUT2D eigenvalue weighted by atomic mass is 16.3. The molecule has 4 rings (SSSR count). The van der Waals surface area contributed by atoms with Gasteiger partial charge in [0.15, 0.2) is 0 Å². The smallest absolute Gasteiger partial charge is 0.115 e. The van der Waals surface area contributed by atoms with Gasteiger partial charge in [0, 0.05) is 6.54 Å². The Morgan fingerprint density at radius 1 is 1.07 bits per heavy atom. The van der Waals surface area contributed by atoms with E-state index in [1.54, 1.807) is 0 Å². The number of phenols is 1. The lowest BCUT2D eigenvalue weighted by atomic mass is 9.75. The van der Waals surface area contributed by atoms with Crippen LogP contribution >= 0.6 is 0 Å². The zero-order chi connectivity index (χ0) is 10.3. The predicted molar refractivity (Wildman–Crippen MR) is 60.0 cm³/mol. The van der Waals surface area contributed by atoms with Gasteiger partial charge in [-0.05, 0) is 55.5 Å². The average Bonchev–Trinajstić information content (AvgIpc) is 2.31. The summed E-state index contributed by atoms with van der Waals surface area (Å²) in [6, 6.07) is 7.80. The molecule has 3 aliphatic rings. The van der Waals surface area contributed by atoms with Crippen molar-refractivity contribution in [3.63, 3.8) is 0 Å². The van der Waals surface area contributed by atoms with E-state index in [2.05, 4.69) is 17.0 Å². The molecule has 0 saturated carbocycles. The van der Waals surface area contributed by atoms with Crippen LogP contribution < -0.4 is 0 Å². The van der Waals surface area contributed by atoms with Gasteiger partial charge in [0.2, 0.25) is 0 Å². The molecular weight excluding hydrogens is 186 g/mol. The van der Waals surface area contributed by atoms with E-state index in [0.717, 1.165) is 5.92 Å². The molecule has 3 aliphatic heterocycles. The highest BCUT2D eigenvalue weighted by molar-refractivity contribution is 5.29. The predicted octanol–water partition coefficient (Wildman–Crippen LogP) is 2.20. The quantitative estimate of drug-likeness (QED) is 0.756. The Bertz CT molecular complexity index is 338. The number of hydrogen-bond acceptors (Lipinski definition) is 2. The molecule has 2 bridgehead atoms. The molecule has 3 fully saturated rings. The van der Waals surface area contributed by atoms with Gasteiger partial charge in [-0.2, -0.15) is 0 Å². The summed E-state index contributed by atoms with van der Waals surface area (Å²) in [5.74, 6) is 1.95. The van der Waals surface area contributed by atoms with Crippen molar-refractivity contribution in [3.8, 4) is 5.75 Å². The number of piperidine rings is 3. The van der Waals surface area contributed by atoms with Crippen LogP contribution in [0.4, 0.5) is 0 Å². The summed E-state index contributed by atoms with van der Waals surface area (Å²) in [6.07, 6.45) is 2.71. The van der Waals surface area contributed by atoms with Crippen LogP contribution in [0.15, 0.2) is 24.3 Å². The first-order chi connectivity index (χ1) is 7.33. The van der Waals surface area contributed by atoms with E-state index in [-0.39, 0.29) is 0 Å². The summed E-state index contributed by atoms with van der Waals surface area (Å²) in [5, 5.41) is 9.28. The van der Waals surface area contributed by atoms with Gasteiger partial charge in [-0.3, -0.25) is 0 Å². The van der Waals surface area contributed by atoms with E-state index >= 15 is 0 Å². The molecule has 15 heavy (non-hydrogen) atoms. The monoisotopic (exact) mass is 203 g/mol. The normalized spacial score (nSPS) is 34.3. The van der Waals surface area contributed by atoms with Crippen LogP contribution in [0.1, 0.15) is 24.3 Å². The van der Waals surface area contributed by atoms with Gasteiger partial charge in [-0.15, -0.1) is 0 Å².